The van der Waals surface area contributed by atoms with Gasteiger partial charge in [0.05, 0.1) is 0 Å². The van der Waals surface area contributed by atoms with Crippen molar-refractivity contribution >= 4 is 5.95 Å². The van der Waals surface area contributed by atoms with Gasteiger partial charge >= 0.3 is 12.4 Å². The minimum absolute atomic E-state index is 0.0727. The van der Waals surface area contributed by atoms with Crippen molar-refractivity contribution in [3.63, 3.8) is 0 Å². The van der Waals surface area contributed by atoms with Crippen LogP contribution in [0.1, 0.15) is 17.0 Å². The second-order valence-electron chi connectivity index (χ2n) is 4.56. The summed E-state index contributed by atoms with van der Waals surface area (Å²) in [5.74, 6) is -3.30. The van der Waals surface area contributed by atoms with Crippen molar-refractivity contribution in [2.45, 2.75) is 18.9 Å². The van der Waals surface area contributed by atoms with Crippen molar-refractivity contribution in [1.29, 1.82) is 0 Å². The fourth-order valence-corrected chi connectivity index (χ4v) is 1.65. The summed E-state index contributed by atoms with van der Waals surface area (Å²) in [5, 5.41) is 2.12. The van der Waals surface area contributed by atoms with Crippen LogP contribution in [0.3, 0.4) is 0 Å². The third-order valence-electron chi connectivity index (χ3n) is 2.74. The summed E-state index contributed by atoms with van der Waals surface area (Å²) in [6, 6.07) is 2.38. The van der Waals surface area contributed by atoms with Crippen molar-refractivity contribution < 1.29 is 35.1 Å². The normalized spacial score (nSPS) is 12.3. The van der Waals surface area contributed by atoms with E-state index in [1.165, 1.54) is 0 Å². The Bertz CT molecular complexity index is 707. The van der Waals surface area contributed by atoms with Crippen LogP contribution in [0.15, 0.2) is 24.3 Å². The molecular weight excluding hydrogens is 350 g/mol. The van der Waals surface area contributed by atoms with Crippen LogP contribution in [-0.2, 0) is 18.9 Å². The van der Waals surface area contributed by atoms with E-state index in [-0.39, 0.29) is 11.6 Å². The lowest BCUT2D eigenvalue weighted by molar-refractivity contribution is -0.147. The maximum absolute atomic E-state index is 13.0. The quantitative estimate of drug-likeness (QED) is 0.828. The molecule has 0 atom stereocenters. The third kappa shape index (κ3) is 4.30. The lowest BCUT2D eigenvalue weighted by Gasteiger charge is -2.13. The molecule has 24 heavy (non-hydrogen) atoms. The largest absolute Gasteiger partial charge is 0.433 e. The molecule has 0 aliphatic rings. The van der Waals surface area contributed by atoms with Crippen LogP contribution in [0.2, 0.25) is 0 Å². The molecule has 0 bridgehead atoms. The molecule has 1 N–H and O–H groups in total. The Kier molecular flexibility index (Phi) is 4.63. The fraction of sp³-hybridized carbons (Fsp3) is 0.231. The van der Waals surface area contributed by atoms with E-state index in [4.69, 9.17) is 0 Å². The Morgan fingerprint density at radius 3 is 1.79 bits per heavy atom. The number of rotatable bonds is 3. The Balaban J connectivity index is 2.30. The van der Waals surface area contributed by atoms with E-state index in [1.54, 1.807) is 0 Å². The van der Waals surface area contributed by atoms with Crippen molar-refractivity contribution in [3.8, 4) is 0 Å². The molecule has 0 saturated heterocycles. The average molecular weight is 357 g/mol. The molecule has 0 amide bonds. The first-order chi connectivity index (χ1) is 11.0. The van der Waals surface area contributed by atoms with Gasteiger partial charge in [0.2, 0.25) is 5.95 Å². The molecule has 0 saturated carbocycles. The second kappa shape index (κ2) is 6.21. The van der Waals surface area contributed by atoms with Crippen LogP contribution in [0.4, 0.5) is 41.1 Å². The van der Waals surface area contributed by atoms with E-state index >= 15 is 0 Å². The molecule has 1 aromatic heterocycles. The van der Waals surface area contributed by atoms with Gasteiger partial charge in [-0.05, 0) is 23.8 Å². The highest BCUT2D eigenvalue weighted by atomic mass is 19.4. The van der Waals surface area contributed by atoms with E-state index in [9.17, 15) is 35.1 Å². The summed E-state index contributed by atoms with van der Waals surface area (Å²) < 4.78 is 101. The minimum Gasteiger partial charge on any atom is -0.350 e. The van der Waals surface area contributed by atoms with Crippen LogP contribution < -0.4 is 5.32 Å². The number of alkyl halides is 6. The van der Waals surface area contributed by atoms with Crippen LogP contribution in [0.5, 0.6) is 0 Å². The van der Waals surface area contributed by atoms with Gasteiger partial charge in [-0.3, -0.25) is 0 Å². The molecule has 0 aliphatic carbocycles. The van der Waals surface area contributed by atoms with Crippen molar-refractivity contribution in [1.82, 2.24) is 9.97 Å². The van der Waals surface area contributed by atoms with Gasteiger partial charge in [-0.2, -0.15) is 26.3 Å². The van der Waals surface area contributed by atoms with Crippen LogP contribution in [0.25, 0.3) is 0 Å². The molecule has 0 spiro atoms. The molecule has 130 valence electrons. The highest BCUT2D eigenvalue weighted by molar-refractivity contribution is 5.32. The molecule has 0 radical (unpaired) electrons. The number of hydrogen-bond donors (Lipinski definition) is 1. The maximum Gasteiger partial charge on any atom is 0.433 e. The Morgan fingerprint density at radius 1 is 0.792 bits per heavy atom. The van der Waals surface area contributed by atoms with E-state index in [2.05, 4.69) is 15.3 Å². The molecule has 0 fully saturated rings. The van der Waals surface area contributed by atoms with E-state index in [0.717, 1.165) is 18.2 Å². The highest BCUT2D eigenvalue weighted by Gasteiger charge is 2.39. The molecule has 2 rings (SSSR count). The monoisotopic (exact) mass is 357 g/mol. The first kappa shape index (κ1) is 17.9. The van der Waals surface area contributed by atoms with E-state index in [1.807, 2.05) is 0 Å². The SMILES string of the molecule is Fc1ccc(CNc2nc(C(F)(F)F)cc(C(F)(F)F)n2)cc1F. The maximum atomic E-state index is 13.0. The van der Waals surface area contributed by atoms with Crippen LogP contribution >= 0.6 is 0 Å². The zero-order valence-corrected chi connectivity index (χ0v) is 11.4. The van der Waals surface area contributed by atoms with Crippen molar-refractivity contribution in [2.24, 2.45) is 0 Å². The van der Waals surface area contributed by atoms with Gasteiger partial charge in [-0.25, -0.2) is 18.7 Å². The summed E-state index contributed by atoms with van der Waals surface area (Å²) >= 11 is 0. The molecule has 1 aromatic carbocycles. The highest BCUT2D eigenvalue weighted by Crippen LogP contribution is 2.34. The number of nitrogens with one attached hydrogen (secondary N) is 1. The smallest absolute Gasteiger partial charge is 0.350 e. The van der Waals surface area contributed by atoms with Gasteiger partial charge in [-0.15, -0.1) is 0 Å². The number of benzene rings is 1. The van der Waals surface area contributed by atoms with E-state index < -0.39 is 47.9 Å². The number of aromatic nitrogens is 2. The van der Waals surface area contributed by atoms with Gasteiger partial charge in [0.15, 0.2) is 23.0 Å². The summed E-state index contributed by atoms with van der Waals surface area (Å²) in [5.41, 5.74) is -3.49. The Hall–Kier alpha value is -2.46. The summed E-state index contributed by atoms with van der Waals surface area (Å²) in [6.07, 6.45) is -10.2. The molecule has 0 unspecified atom stereocenters. The zero-order valence-electron chi connectivity index (χ0n) is 11.4. The second-order valence-corrected chi connectivity index (χ2v) is 4.56. The zero-order chi connectivity index (χ0) is 18.1. The van der Waals surface area contributed by atoms with Gasteiger partial charge < -0.3 is 5.32 Å². The Labute approximate surface area is 129 Å². The van der Waals surface area contributed by atoms with E-state index in [0.29, 0.717) is 0 Å². The topological polar surface area (TPSA) is 37.8 Å². The van der Waals surface area contributed by atoms with Gasteiger partial charge in [0, 0.05) is 6.54 Å². The van der Waals surface area contributed by atoms with Gasteiger partial charge in [-0.1, -0.05) is 6.07 Å². The van der Waals surface area contributed by atoms with Crippen LogP contribution in [0, 0.1) is 11.6 Å². The number of nitrogens with zero attached hydrogens (tertiary/aromatic N) is 2. The average Bonchev–Trinajstić information content (AvgIpc) is 2.46. The number of halogens is 8. The van der Waals surface area contributed by atoms with Crippen LogP contribution in [-0.4, -0.2) is 9.97 Å². The number of anilines is 1. The molecule has 3 nitrogen and oxygen atoms in total. The summed E-state index contributed by atoms with van der Waals surface area (Å²) in [7, 11) is 0. The minimum atomic E-state index is -5.11. The summed E-state index contributed by atoms with van der Waals surface area (Å²) in [6.45, 7) is -0.407. The third-order valence-corrected chi connectivity index (χ3v) is 2.74. The van der Waals surface area contributed by atoms with Gasteiger partial charge in [0.25, 0.3) is 0 Å². The predicted octanol–water partition coefficient (Wildman–Crippen LogP) is 4.40. The molecule has 11 heteroatoms. The fourth-order valence-electron chi connectivity index (χ4n) is 1.65. The first-order valence-corrected chi connectivity index (χ1v) is 6.18. The molecule has 0 aliphatic heterocycles. The number of hydrogen-bond acceptors (Lipinski definition) is 3. The molecular formula is C13H7F8N3. The molecule has 1 heterocycles. The summed E-state index contributed by atoms with van der Waals surface area (Å²) in [4.78, 5) is 5.92. The standard InChI is InChI=1S/C13H7F8N3/c14-7-2-1-6(3-8(7)15)5-22-11-23-9(12(16,17)18)4-10(24-11)13(19,20)21/h1-4H,5H2,(H,22,23,24). The lowest BCUT2D eigenvalue weighted by atomic mass is 10.2. The van der Waals surface area contributed by atoms with Gasteiger partial charge in [0.1, 0.15) is 0 Å². The predicted molar refractivity (Wildman–Crippen MR) is 65.7 cm³/mol. The first-order valence-electron chi connectivity index (χ1n) is 6.18. The Morgan fingerprint density at radius 2 is 1.33 bits per heavy atom. The van der Waals surface area contributed by atoms with Crippen molar-refractivity contribution in [2.75, 3.05) is 5.32 Å². The van der Waals surface area contributed by atoms with Crippen molar-refractivity contribution in [3.05, 3.63) is 52.9 Å². The molecule has 2 aromatic rings. The lowest BCUT2D eigenvalue weighted by Crippen LogP contribution is -2.17.